The Morgan fingerprint density at radius 2 is 1.83 bits per heavy atom. The van der Waals surface area contributed by atoms with Crippen LogP contribution in [0.25, 0.3) is 0 Å². The van der Waals surface area contributed by atoms with E-state index < -0.39 is 0 Å². The molecule has 0 amide bonds. The number of hydrogen-bond donors (Lipinski definition) is 1. The summed E-state index contributed by atoms with van der Waals surface area (Å²) in [5.74, 6) is 4.13. The van der Waals surface area contributed by atoms with Crippen molar-refractivity contribution in [2.45, 2.75) is 78.2 Å². The Morgan fingerprint density at radius 1 is 1.06 bits per heavy atom. The summed E-state index contributed by atoms with van der Waals surface area (Å²) in [5.41, 5.74) is 0.290. The molecule has 0 spiro atoms. The molecule has 4 unspecified atom stereocenters. The summed E-state index contributed by atoms with van der Waals surface area (Å²) in [5, 5.41) is 3.72. The van der Waals surface area contributed by atoms with Crippen LogP contribution in [-0.4, -0.2) is 12.1 Å². The summed E-state index contributed by atoms with van der Waals surface area (Å²) in [7, 11) is 0. The van der Waals surface area contributed by atoms with Gasteiger partial charge >= 0.3 is 0 Å². The third-order valence-corrected chi connectivity index (χ3v) is 5.38. The topological polar surface area (TPSA) is 12.0 Å². The molecule has 2 fully saturated rings. The van der Waals surface area contributed by atoms with Crippen molar-refractivity contribution in [3.8, 4) is 0 Å². The van der Waals surface area contributed by atoms with Crippen LogP contribution < -0.4 is 5.32 Å². The maximum absolute atomic E-state index is 3.72. The summed E-state index contributed by atoms with van der Waals surface area (Å²) >= 11 is 0. The van der Waals surface area contributed by atoms with E-state index >= 15 is 0 Å². The van der Waals surface area contributed by atoms with Gasteiger partial charge in [0.15, 0.2) is 0 Å². The van der Waals surface area contributed by atoms with Crippen molar-refractivity contribution in [2.75, 3.05) is 6.54 Å². The zero-order valence-electron chi connectivity index (χ0n) is 13.0. The van der Waals surface area contributed by atoms with Crippen molar-refractivity contribution in [3.05, 3.63) is 0 Å². The first-order chi connectivity index (χ1) is 8.49. The molecule has 1 nitrogen and oxygen atoms in total. The van der Waals surface area contributed by atoms with E-state index in [1.165, 1.54) is 51.5 Å². The zero-order chi connectivity index (χ0) is 13.2. The minimum atomic E-state index is 0.290. The molecule has 0 radical (unpaired) electrons. The minimum Gasteiger partial charge on any atom is -0.312 e. The highest BCUT2D eigenvalue weighted by molar-refractivity contribution is 4.90. The number of nitrogens with one attached hydrogen (secondary N) is 1. The van der Waals surface area contributed by atoms with Crippen LogP contribution in [0.3, 0.4) is 0 Å². The molecule has 0 saturated heterocycles. The summed E-state index contributed by atoms with van der Waals surface area (Å²) < 4.78 is 0. The number of hydrogen-bond acceptors (Lipinski definition) is 1. The van der Waals surface area contributed by atoms with Crippen LogP contribution in [0.2, 0.25) is 0 Å². The van der Waals surface area contributed by atoms with Gasteiger partial charge in [-0.2, -0.15) is 0 Å². The van der Waals surface area contributed by atoms with Crippen LogP contribution in [0.5, 0.6) is 0 Å². The SMILES string of the molecule is CCC1CCCC(C2CCC2CNC(C)(C)C)C1. The van der Waals surface area contributed by atoms with Crippen molar-refractivity contribution in [1.82, 2.24) is 5.32 Å². The fourth-order valence-corrected chi connectivity index (χ4v) is 4.00. The summed E-state index contributed by atoms with van der Waals surface area (Å²) in [6.45, 7) is 10.5. The third kappa shape index (κ3) is 3.73. The van der Waals surface area contributed by atoms with Gasteiger partial charge < -0.3 is 5.32 Å². The van der Waals surface area contributed by atoms with E-state index in [-0.39, 0.29) is 0 Å². The lowest BCUT2D eigenvalue weighted by Gasteiger charge is -2.46. The Balaban J connectivity index is 1.78. The molecule has 2 rings (SSSR count). The Bertz CT molecular complexity index is 253. The van der Waals surface area contributed by atoms with E-state index in [4.69, 9.17) is 0 Å². The molecular weight excluding hydrogens is 218 g/mol. The van der Waals surface area contributed by atoms with Gasteiger partial charge in [-0.15, -0.1) is 0 Å². The molecule has 0 heterocycles. The van der Waals surface area contributed by atoms with Gasteiger partial charge in [-0.25, -0.2) is 0 Å². The normalized spacial score (nSPS) is 37.3. The predicted molar refractivity (Wildman–Crippen MR) is 79.7 cm³/mol. The smallest absolute Gasteiger partial charge is 0.00966 e. The monoisotopic (exact) mass is 251 g/mol. The van der Waals surface area contributed by atoms with Crippen LogP contribution in [0.1, 0.15) is 72.6 Å². The standard InChI is InChI=1S/C17H33N/c1-5-13-7-6-8-14(11-13)16-10-9-15(16)12-18-17(2,3)4/h13-16,18H,5-12H2,1-4H3. The fraction of sp³-hybridized carbons (Fsp3) is 1.00. The van der Waals surface area contributed by atoms with Crippen LogP contribution in [0, 0.1) is 23.7 Å². The van der Waals surface area contributed by atoms with Gasteiger partial charge in [0.1, 0.15) is 0 Å². The van der Waals surface area contributed by atoms with Crippen molar-refractivity contribution in [1.29, 1.82) is 0 Å². The first-order valence-corrected chi connectivity index (χ1v) is 8.24. The van der Waals surface area contributed by atoms with Crippen LogP contribution in [0.15, 0.2) is 0 Å². The second-order valence-electron chi connectivity index (χ2n) is 7.83. The Kier molecular flexibility index (Phi) is 4.75. The molecule has 4 atom stereocenters. The van der Waals surface area contributed by atoms with Gasteiger partial charge in [-0.3, -0.25) is 0 Å². The maximum Gasteiger partial charge on any atom is 0.00966 e. The van der Waals surface area contributed by atoms with E-state index in [1.54, 1.807) is 0 Å². The molecule has 1 N–H and O–H groups in total. The molecule has 106 valence electrons. The average Bonchev–Trinajstić information content (AvgIpc) is 2.26. The molecule has 2 aliphatic carbocycles. The highest BCUT2D eigenvalue weighted by atomic mass is 14.9. The number of rotatable bonds is 4. The molecule has 0 aromatic carbocycles. The van der Waals surface area contributed by atoms with E-state index in [1.807, 2.05) is 0 Å². The Hall–Kier alpha value is -0.0400. The first kappa shape index (κ1) is 14.4. The van der Waals surface area contributed by atoms with Crippen molar-refractivity contribution >= 4 is 0 Å². The fourth-order valence-electron chi connectivity index (χ4n) is 4.00. The lowest BCUT2D eigenvalue weighted by atomic mass is 9.61. The minimum absolute atomic E-state index is 0.290. The van der Waals surface area contributed by atoms with E-state index in [2.05, 4.69) is 33.0 Å². The van der Waals surface area contributed by atoms with Gasteiger partial charge in [0, 0.05) is 5.54 Å². The van der Waals surface area contributed by atoms with Crippen LogP contribution in [-0.2, 0) is 0 Å². The molecule has 1 heteroatoms. The maximum atomic E-state index is 3.72. The van der Waals surface area contributed by atoms with Crippen molar-refractivity contribution < 1.29 is 0 Å². The molecule has 0 aliphatic heterocycles. The van der Waals surface area contributed by atoms with Gasteiger partial charge in [0.2, 0.25) is 0 Å². The summed E-state index contributed by atoms with van der Waals surface area (Å²) in [6.07, 6.45) is 10.5. The van der Waals surface area contributed by atoms with Gasteiger partial charge in [0.25, 0.3) is 0 Å². The first-order valence-electron chi connectivity index (χ1n) is 8.24. The van der Waals surface area contributed by atoms with Gasteiger partial charge in [-0.05, 0) is 70.3 Å². The molecule has 2 aliphatic rings. The Morgan fingerprint density at radius 3 is 2.39 bits per heavy atom. The van der Waals surface area contributed by atoms with E-state index in [9.17, 15) is 0 Å². The molecule has 0 aromatic rings. The van der Waals surface area contributed by atoms with E-state index in [0.717, 1.165) is 23.7 Å². The lowest BCUT2D eigenvalue weighted by Crippen LogP contribution is -2.46. The highest BCUT2D eigenvalue weighted by Gasteiger charge is 2.38. The molecule has 0 bridgehead atoms. The second-order valence-corrected chi connectivity index (χ2v) is 7.83. The van der Waals surface area contributed by atoms with Crippen LogP contribution in [0.4, 0.5) is 0 Å². The Labute approximate surface area is 114 Å². The molecule has 18 heavy (non-hydrogen) atoms. The average molecular weight is 251 g/mol. The second kappa shape index (κ2) is 5.94. The highest BCUT2D eigenvalue weighted by Crippen LogP contribution is 2.46. The van der Waals surface area contributed by atoms with Crippen molar-refractivity contribution in [3.63, 3.8) is 0 Å². The molecule has 0 aromatic heterocycles. The summed E-state index contributed by atoms with van der Waals surface area (Å²) in [6, 6.07) is 0. The quantitative estimate of drug-likeness (QED) is 0.769. The lowest BCUT2D eigenvalue weighted by molar-refractivity contribution is 0.0582. The van der Waals surface area contributed by atoms with Crippen LogP contribution >= 0.6 is 0 Å². The van der Waals surface area contributed by atoms with Gasteiger partial charge in [-0.1, -0.05) is 32.6 Å². The largest absolute Gasteiger partial charge is 0.312 e. The summed E-state index contributed by atoms with van der Waals surface area (Å²) in [4.78, 5) is 0. The van der Waals surface area contributed by atoms with E-state index in [0.29, 0.717) is 5.54 Å². The molecular formula is C17H33N. The third-order valence-electron chi connectivity index (χ3n) is 5.38. The van der Waals surface area contributed by atoms with Crippen molar-refractivity contribution in [2.24, 2.45) is 23.7 Å². The van der Waals surface area contributed by atoms with Gasteiger partial charge in [0.05, 0.1) is 0 Å². The zero-order valence-corrected chi connectivity index (χ0v) is 13.0. The molecule has 2 saturated carbocycles. The predicted octanol–water partition coefficient (Wildman–Crippen LogP) is 4.62.